The van der Waals surface area contributed by atoms with E-state index in [-0.39, 0.29) is 6.61 Å². The highest BCUT2D eigenvalue weighted by molar-refractivity contribution is 5.33. The molecule has 0 aliphatic carbocycles. The quantitative estimate of drug-likeness (QED) is 0.740. The smallest absolute Gasteiger partial charge is 0.123 e. The second-order valence-electron chi connectivity index (χ2n) is 8.54. The van der Waals surface area contributed by atoms with Crippen molar-refractivity contribution in [3.63, 3.8) is 0 Å². The summed E-state index contributed by atoms with van der Waals surface area (Å²) >= 11 is 0. The van der Waals surface area contributed by atoms with Crippen LogP contribution >= 0.6 is 0 Å². The normalized spacial score (nSPS) is 23.4. The number of para-hydroxylation sites is 1. The molecule has 0 radical (unpaired) electrons. The SMILES string of the molecule is CCOc1ccccc1CN1CCN(C2CCN(C(C)C)CC2)[C@@H](CCO)C1. The topological polar surface area (TPSA) is 39.2 Å². The van der Waals surface area contributed by atoms with E-state index in [1.807, 2.05) is 13.0 Å². The molecule has 1 aromatic carbocycles. The molecular formula is C23H39N3O2. The van der Waals surface area contributed by atoms with Gasteiger partial charge in [-0.15, -0.1) is 0 Å². The van der Waals surface area contributed by atoms with Crippen molar-refractivity contribution in [1.82, 2.24) is 14.7 Å². The summed E-state index contributed by atoms with van der Waals surface area (Å²) < 4.78 is 5.82. The summed E-state index contributed by atoms with van der Waals surface area (Å²) in [6.45, 7) is 14.2. The molecule has 0 unspecified atom stereocenters. The highest BCUT2D eigenvalue weighted by atomic mass is 16.5. The Morgan fingerprint density at radius 3 is 2.54 bits per heavy atom. The minimum absolute atomic E-state index is 0.273. The summed E-state index contributed by atoms with van der Waals surface area (Å²) in [4.78, 5) is 7.84. The van der Waals surface area contributed by atoms with Gasteiger partial charge in [0.05, 0.1) is 6.61 Å². The zero-order chi connectivity index (χ0) is 19.9. The van der Waals surface area contributed by atoms with E-state index in [0.29, 0.717) is 24.7 Å². The number of rotatable bonds is 8. The van der Waals surface area contributed by atoms with Crippen molar-refractivity contribution < 1.29 is 9.84 Å². The van der Waals surface area contributed by atoms with Crippen LogP contribution in [0.25, 0.3) is 0 Å². The molecule has 2 saturated heterocycles. The molecule has 2 aliphatic heterocycles. The van der Waals surface area contributed by atoms with E-state index in [2.05, 4.69) is 46.7 Å². The summed E-state index contributed by atoms with van der Waals surface area (Å²) in [5.74, 6) is 1.01. The van der Waals surface area contributed by atoms with E-state index >= 15 is 0 Å². The Morgan fingerprint density at radius 1 is 1.11 bits per heavy atom. The van der Waals surface area contributed by atoms with Crippen LogP contribution in [0.2, 0.25) is 0 Å². The van der Waals surface area contributed by atoms with Gasteiger partial charge >= 0.3 is 0 Å². The molecule has 2 aliphatic rings. The highest BCUT2D eigenvalue weighted by Crippen LogP contribution is 2.26. The molecule has 0 bridgehead atoms. The second kappa shape index (κ2) is 10.6. The van der Waals surface area contributed by atoms with Crippen LogP contribution in [-0.4, -0.2) is 83.9 Å². The number of aliphatic hydroxyl groups is 1. The number of likely N-dealkylation sites (tertiary alicyclic amines) is 1. The van der Waals surface area contributed by atoms with Gasteiger partial charge in [-0.05, 0) is 59.2 Å². The van der Waals surface area contributed by atoms with Crippen LogP contribution < -0.4 is 4.74 Å². The predicted molar refractivity (Wildman–Crippen MR) is 115 cm³/mol. The Hall–Kier alpha value is -1.14. The molecule has 28 heavy (non-hydrogen) atoms. The maximum atomic E-state index is 9.67. The number of piperazine rings is 1. The van der Waals surface area contributed by atoms with Gasteiger partial charge < -0.3 is 14.7 Å². The standard InChI is InChI=1S/C23H39N3O2/c1-4-28-23-8-6-5-7-20(23)17-24-14-15-26(22(18-24)11-16-27)21-9-12-25(13-10-21)19(2)3/h5-8,19,21-22,27H,4,9-18H2,1-3H3/t22-/m0/s1. The van der Waals surface area contributed by atoms with E-state index in [1.54, 1.807) is 0 Å². The molecule has 5 heteroatoms. The van der Waals surface area contributed by atoms with Gasteiger partial charge in [0.25, 0.3) is 0 Å². The van der Waals surface area contributed by atoms with Crippen molar-refractivity contribution in [2.75, 3.05) is 45.9 Å². The van der Waals surface area contributed by atoms with Crippen LogP contribution in [0.15, 0.2) is 24.3 Å². The van der Waals surface area contributed by atoms with Gasteiger partial charge in [-0.25, -0.2) is 0 Å². The van der Waals surface area contributed by atoms with Gasteiger partial charge in [-0.3, -0.25) is 9.80 Å². The number of benzene rings is 1. The maximum absolute atomic E-state index is 9.67. The van der Waals surface area contributed by atoms with Crippen molar-refractivity contribution in [2.45, 2.75) is 64.7 Å². The molecule has 2 fully saturated rings. The fourth-order valence-electron chi connectivity index (χ4n) is 4.87. The number of nitrogens with zero attached hydrogens (tertiary/aromatic N) is 3. The van der Waals surface area contributed by atoms with Gasteiger partial charge in [-0.1, -0.05) is 18.2 Å². The Labute approximate surface area is 171 Å². The van der Waals surface area contributed by atoms with Gasteiger partial charge in [0.2, 0.25) is 0 Å². The first-order valence-corrected chi connectivity index (χ1v) is 11.2. The molecule has 0 amide bonds. The molecule has 0 spiro atoms. The van der Waals surface area contributed by atoms with Crippen molar-refractivity contribution in [3.05, 3.63) is 29.8 Å². The van der Waals surface area contributed by atoms with Gasteiger partial charge in [0, 0.05) is 56.5 Å². The van der Waals surface area contributed by atoms with Crippen molar-refractivity contribution in [3.8, 4) is 5.75 Å². The van der Waals surface area contributed by atoms with Crippen molar-refractivity contribution >= 4 is 0 Å². The van der Waals surface area contributed by atoms with E-state index in [0.717, 1.165) is 38.3 Å². The molecule has 3 rings (SSSR count). The Bertz CT molecular complexity index is 587. The fraction of sp³-hybridized carbons (Fsp3) is 0.739. The van der Waals surface area contributed by atoms with Gasteiger partial charge in [0.15, 0.2) is 0 Å². The first kappa shape index (κ1) is 21.6. The first-order valence-electron chi connectivity index (χ1n) is 11.2. The number of ether oxygens (including phenoxy) is 1. The Morgan fingerprint density at radius 2 is 1.86 bits per heavy atom. The number of piperidine rings is 1. The molecular weight excluding hydrogens is 350 g/mol. The van der Waals surface area contributed by atoms with Crippen molar-refractivity contribution in [1.29, 1.82) is 0 Å². The average Bonchev–Trinajstić information content (AvgIpc) is 2.70. The van der Waals surface area contributed by atoms with E-state index in [9.17, 15) is 5.11 Å². The molecule has 158 valence electrons. The molecule has 1 N–H and O–H groups in total. The summed E-state index contributed by atoms with van der Waals surface area (Å²) in [7, 11) is 0. The summed E-state index contributed by atoms with van der Waals surface area (Å²) in [5.41, 5.74) is 1.27. The first-order chi connectivity index (χ1) is 13.6. The van der Waals surface area contributed by atoms with Crippen LogP contribution in [0.3, 0.4) is 0 Å². The van der Waals surface area contributed by atoms with Crippen LogP contribution in [0.5, 0.6) is 5.75 Å². The lowest BCUT2D eigenvalue weighted by Crippen LogP contribution is -2.58. The largest absolute Gasteiger partial charge is 0.494 e. The monoisotopic (exact) mass is 389 g/mol. The highest BCUT2D eigenvalue weighted by Gasteiger charge is 2.34. The van der Waals surface area contributed by atoms with Crippen LogP contribution in [0.1, 0.15) is 45.6 Å². The number of aliphatic hydroxyl groups excluding tert-OH is 1. The Balaban J connectivity index is 1.60. The fourth-order valence-corrected chi connectivity index (χ4v) is 4.87. The Kier molecular flexibility index (Phi) is 8.15. The summed E-state index contributed by atoms with van der Waals surface area (Å²) in [6, 6.07) is 10.2. The number of hydrogen-bond donors (Lipinski definition) is 1. The average molecular weight is 390 g/mol. The minimum atomic E-state index is 0.273. The molecule has 5 nitrogen and oxygen atoms in total. The van der Waals surface area contributed by atoms with Gasteiger partial charge in [-0.2, -0.15) is 0 Å². The lowest BCUT2D eigenvalue weighted by molar-refractivity contribution is -0.000223. The zero-order valence-corrected chi connectivity index (χ0v) is 18.0. The molecule has 0 saturated carbocycles. The predicted octanol–water partition coefficient (Wildman–Crippen LogP) is 2.83. The van der Waals surface area contributed by atoms with E-state index in [1.165, 1.54) is 31.5 Å². The summed E-state index contributed by atoms with van der Waals surface area (Å²) in [5, 5.41) is 9.67. The third kappa shape index (κ3) is 5.47. The van der Waals surface area contributed by atoms with Crippen LogP contribution in [0, 0.1) is 0 Å². The molecule has 2 heterocycles. The third-order valence-corrected chi connectivity index (χ3v) is 6.44. The molecule has 1 aromatic rings. The van der Waals surface area contributed by atoms with Crippen LogP contribution in [-0.2, 0) is 6.54 Å². The maximum Gasteiger partial charge on any atom is 0.123 e. The molecule has 1 atom stereocenters. The third-order valence-electron chi connectivity index (χ3n) is 6.44. The van der Waals surface area contributed by atoms with Gasteiger partial charge in [0.1, 0.15) is 5.75 Å². The molecule has 0 aromatic heterocycles. The van der Waals surface area contributed by atoms with E-state index < -0.39 is 0 Å². The number of hydrogen-bond acceptors (Lipinski definition) is 5. The second-order valence-corrected chi connectivity index (χ2v) is 8.54. The minimum Gasteiger partial charge on any atom is -0.494 e. The zero-order valence-electron chi connectivity index (χ0n) is 18.0. The lowest BCUT2D eigenvalue weighted by atomic mass is 9.97. The lowest BCUT2D eigenvalue weighted by Gasteiger charge is -2.48. The summed E-state index contributed by atoms with van der Waals surface area (Å²) in [6.07, 6.45) is 3.38. The van der Waals surface area contributed by atoms with Crippen molar-refractivity contribution in [2.24, 2.45) is 0 Å². The van der Waals surface area contributed by atoms with E-state index in [4.69, 9.17) is 4.74 Å². The van der Waals surface area contributed by atoms with Crippen LogP contribution in [0.4, 0.5) is 0 Å².